The summed E-state index contributed by atoms with van der Waals surface area (Å²) in [6.45, 7) is 9.09. The second-order valence-corrected chi connectivity index (χ2v) is 7.28. The van der Waals surface area contributed by atoms with E-state index in [4.69, 9.17) is 9.15 Å². The number of amides is 1. The van der Waals surface area contributed by atoms with Crippen molar-refractivity contribution >= 4 is 12.1 Å². The van der Waals surface area contributed by atoms with E-state index in [0.29, 0.717) is 23.7 Å². The topological polar surface area (TPSA) is 80.5 Å². The van der Waals surface area contributed by atoms with E-state index in [1.165, 1.54) is 0 Å². The molecular weight excluding hydrogens is 284 g/mol. The number of nitrogens with one attached hydrogen (secondary N) is 1. The monoisotopic (exact) mass is 308 g/mol. The Morgan fingerprint density at radius 3 is 2.41 bits per heavy atom. The van der Waals surface area contributed by atoms with Gasteiger partial charge in [-0.25, -0.2) is 4.79 Å². The first-order chi connectivity index (χ1) is 10.3. The fourth-order valence-electron chi connectivity index (χ4n) is 3.47. The Labute approximate surface area is 130 Å². The number of aromatic nitrogens is 2. The Kier molecular flexibility index (Phi) is 3.74. The van der Waals surface area contributed by atoms with Gasteiger partial charge in [-0.05, 0) is 45.4 Å². The Bertz CT molecular complexity index is 537. The second kappa shape index (κ2) is 5.44. The molecule has 1 amide bonds. The molecule has 2 fully saturated rings. The maximum absolute atomic E-state index is 12.0. The SMILES string of the molecule is Cc1nnc(N2C[C@H]3CC[C@@H](C2)[C@@H]3NC(=O)OC(C)(C)C)o1. The first-order valence-corrected chi connectivity index (χ1v) is 7.86. The van der Waals surface area contributed by atoms with Gasteiger partial charge >= 0.3 is 12.1 Å². The molecule has 1 aliphatic carbocycles. The van der Waals surface area contributed by atoms with Crippen molar-refractivity contribution in [2.45, 2.75) is 52.2 Å². The van der Waals surface area contributed by atoms with Gasteiger partial charge in [0.2, 0.25) is 5.89 Å². The average Bonchev–Trinajstić information content (AvgIpc) is 2.89. The van der Waals surface area contributed by atoms with Crippen molar-refractivity contribution in [1.82, 2.24) is 15.5 Å². The molecule has 1 aliphatic heterocycles. The van der Waals surface area contributed by atoms with Crippen LogP contribution in [0.2, 0.25) is 0 Å². The highest BCUT2D eigenvalue weighted by molar-refractivity contribution is 5.68. The van der Waals surface area contributed by atoms with Crippen molar-refractivity contribution < 1.29 is 13.9 Å². The first-order valence-electron chi connectivity index (χ1n) is 7.86. The largest absolute Gasteiger partial charge is 0.444 e. The lowest BCUT2D eigenvalue weighted by atomic mass is 9.92. The number of hydrogen-bond acceptors (Lipinski definition) is 6. The molecule has 122 valence electrons. The molecule has 2 aliphatic rings. The molecule has 0 unspecified atom stereocenters. The number of carbonyl (C=O) groups excluding carboxylic acids is 1. The van der Waals surface area contributed by atoms with Crippen LogP contribution in [0.3, 0.4) is 0 Å². The number of piperidine rings is 1. The number of nitrogens with zero attached hydrogens (tertiary/aromatic N) is 3. The van der Waals surface area contributed by atoms with Gasteiger partial charge < -0.3 is 19.4 Å². The Morgan fingerprint density at radius 2 is 1.91 bits per heavy atom. The smallest absolute Gasteiger partial charge is 0.407 e. The summed E-state index contributed by atoms with van der Waals surface area (Å²) in [7, 11) is 0. The standard InChI is InChI=1S/C15H24N4O3/c1-9-17-18-13(21-9)19-7-10-5-6-11(8-19)12(10)16-14(20)22-15(2,3)4/h10-12H,5-8H2,1-4H3,(H,16,20)/t10-,11+,12-. The highest BCUT2D eigenvalue weighted by Gasteiger charge is 2.44. The molecule has 1 N–H and O–H groups in total. The third-order valence-electron chi connectivity index (χ3n) is 4.30. The predicted octanol–water partition coefficient (Wildman–Crippen LogP) is 2.12. The predicted molar refractivity (Wildman–Crippen MR) is 80.6 cm³/mol. The Morgan fingerprint density at radius 1 is 1.27 bits per heavy atom. The van der Waals surface area contributed by atoms with Crippen molar-refractivity contribution in [1.29, 1.82) is 0 Å². The van der Waals surface area contributed by atoms with Gasteiger partial charge in [-0.3, -0.25) is 0 Å². The third-order valence-corrected chi connectivity index (χ3v) is 4.30. The molecular formula is C15H24N4O3. The summed E-state index contributed by atoms with van der Waals surface area (Å²) in [6.07, 6.45) is 1.89. The van der Waals surface area contributed by atoms with E-state index < -0.39 is 5.60 Å². The summed E-state index contributed by atoms with van der Waals surface area (Å²) in [5, 5.41) is 11.0. The molecule has 1 aromatic rings. The minimum atomic E-state index is -0.467. The minimum absolute atomic E-state index is 0.176. The molecule has 22 heavy (non-hydrogen) atoms. The molecule has 7 nitrogen and oxygen atoms in total. The van der Waals surface area contributed by atoms with Crippen LogP contribution in [0.25, 0.3) is 0 Å². The van der Waals surface area contributed by atoms with Crippen molar-refractivity contribution in [3.8, 4) is 0 Å². The van der Waals surface area contributed by atoms with Crippen LogP contribution >= 0.6 is 0 Å². The molecule has 0 spiro atoms. The zero-order valence-electron chi connectivity index (χ0n) is 13.6. The molecule has 7 heteroatoms. The van der Waals surface area contributed by atoms with Crippen molar-refractivity contribution in [3.63, 3.8) is 0 Å². The number of ether oxygens (including phenoxy) is 1. The van der Waals surface area contributed by atoms with Crippen LogP contribution in [-0.4, -0.2) is 41.0 Å². The Balaban J connectivity index is 1.62. The summed E-state index contributed by atoms with van der Waals surface area (Å²) in [6, 6.07) is 0.764. The van der Waals surface area contributed by atoms with Gasteiger partial charge in [0.25, 0.3) is 0 Å². The van der Waals surface area contributed by atoms with Crippen molar-refractivity contribution in [3.05, 3.63) is 5.89 Å². The summed E-state index contributed by atoms with van der Waals surface area (Å²) in [5.41, 5.74) is -0.467. The average molecular weight is 308 g/mol. The fraction of sp³-hybridized carbons (Fsp3) is 0.800. The zero-order valence-corrected chi connectivity index (χ0v) is 13.6. The van der Waals surface area contributed by atoms with Crippen LogP contribution in [0.15, 0.2) is 4.42 Å². The maximum Gasteiger partial charge on any atom is 0.407 e. The second-order valence-electron chi connectivity index (χ2n) is 7.28. The summed E-state index contributed by atoms with van der Waals surface area (Å²) >= 11 is 0. The van der Waals surface area contributed by atoms with E-state index >= 15 is 0 Å². The van der Waals surface area contributed by atoms with E-state index in [0.717, 1.165) is 25.9 Å². The molecule has 0 radical (unpaired) electrons. The molecule has 3 rings (SSSR count). The summed E-state index contributed by atoms with van der Waals surface area (Å²) < 4.78 is 10.9. The van der Waals surface area contributed by atoms with E-state index in [1.54, 1.807) is 6.92 Å². The van der Waals surface area contributed by atoms with Gasteiger partial charge in [-0.1, -0.05) is 5.10 Å². The molecule has 2 bridgehead atoms. The molecule has 1 saturated heterocycles. The van der Waals surface area contributed by atoms with Crippen LogP contribution in [0.4, 0.5) is 10.8 Å². The third kappa shape index (κ3) is 3.18. The molecule has 1 aromatic heterocycles. The van der Waals surface area contributed by atoms with Crippen LogP contribution in [0.5, 0.6) is 0 Å². The van der Waals surface area contributed by atoms with Gasteiger partial charge in [0.1, 0.15) is 5.60 Å². The number of aryl methyl sites for hydroxylation is 1. The summed E-state index contributed by atoms with van der Waals surface area (Å²) in [5.74, 6) is 1.38. The lowest BCUT2D eigenvalue weighted by Gasteiger charge is -2.37. The van der Waals surface area contributed by atoms with E-state index in [2.05, 4.69) is 20.4 Å². The molecule has 1 saturated carbocycles. The number of hydrogen-bond donors (Lipinski definition) is 1. The summed E-state index contributed by atoms with van der Waals surface area (Å²) in [4.78, 5) is 14.1. The van der Waals surface area contributed by atoms with Crippen molar-refractivity contribution in [2.24, 2.45) is 11.8 Å². The van der Waals surface area contributed by atoms with E-state index in [9.17, 15) is 4.79 Å². The molecule has 2 heterocycles. The Hall–Kier alpha value is -1.79. The van der Waals surface area contributed by atoms with Crippen LogP contribution in [-0.2, 0) is 4.74 Å². The van der Waals surface area contributed by atoms with Gasteiger partial charge in [0.15, 0.2) is 0 Å². The molecule has 3 atom stereocenters. The van der Waals surface area contributed by atoms with Crippen LogP contribution in [0.1, 0.15) is 39.5 Å². The van der Waals surface area contributed by atoms with Crippen molar-refractivity contribution in [2.75, 3.05) is 18.0 Å². The van der Waals surface area contributed by atoms with Gasteiger partial charge in [0.05, 0.1) is 0 Å². The highest BCUT2D eigenvalue weighted by Crippen LogP contribution is 2.38. The number of fused-ring (bicyclic) bond motifs is 2. The van der Waals surface area contributed by atoms with E-state index in [1.807, 2.05) is 20.8 Å². The quantitative estimate of drug-likeness (QED) is 0.901. The number of anilines is 1. The fourth-order valence-corrected chi connectivity index (χ4v) is 3.47. The number of rotatable bonds is 2. The first kappa shape index (κ1) is 15.1. The molecule has 0 aromatic carbocycles. The normalized spacial score (nSPS) is 27.8. The maximum atomic E-state index is 12.0. The number of carbonyl (C=O) groups is 1. The van der Waals surface area contributed by atoms with Gasteiger partial charge in [-0.2, -0.15) is 0 Å². The van der Waals surface area contributed by atoms with Crippen LogP contribution < -0.4 is 10.2 Å². The lowest BCUT2D eigenvalue weighted by Crippen LogP contribution is -2.53. The minimum Gasteiger partial charge on any atom is -0.444 e. The highest BCUT2D eigenvalue weighted by atomic mass is 16.6. The lowest BCUT2D eigenvalue weighted by molar-refractivity contribution is 0.0472. The number of alkyl carbamates (subject to hydrolysis) is 1. The van der Waals surface area contributed by atoms with E-state index in [-0.39, 0.29) is 12.1 Å². The zero-order chi connectivity index (χ0) is 15.9. The van der Waals surface area contributed by atoms with Gasteiger partial charge in [-0.15, -0.1) is 5.10 Å². The van der Waals surface area contributed by atoms with Crippen LogP contribution in [0, 0.1) is 18.8 Å². The van der Waals surface area contributed by atoms with Gasteiger partial charge in [0, 0.05) is 26.1 Å².